The summed E-state index contributed by atoms with van der Waals surface area (Å²) in [5.41, 5.74) is 0. The first-order valence-corrected chi connectivity index (χ1v) is 6.20. The number of likely N-dealkylation sites (tertiary alicyclic amines) is 2. The van der Waals surface area contributed by atoms with Gasteiger partial charge in [0.15, 0.2) is 0 Å². The van der Waals surface area contributed by atoms with E-state index in [4.69, 9.17) is 0 Å². The van der Waals surface area contributed by atoms with Gasteiger partial charge in [-0.15, -0.1) is 0 Å². The Bertz CT molecular complexity index is 242. The molecule has 0 aromatic carbocycles. The minimum atomic E-state index is 0.335. The average molecular weight is 210 g/mol. The molecule has 2 aliphatic rings. The van der Waals surface area contributed by atoms with Crippen molar-refractivity contribution in [3.8, 4) is 0 Å². The largest absolute Gasteiger partial charge is 0.342 e. The summed E-state index contributed by atoms with van der Waals surface area (Å²) >= 11 is 0. The van der Waals surface area contributed by atoms with Gasteiger partial charge in [-0.2, -0.15) is 0 Å². The molecule has 0 saturated carbocycles. The van der Waals surface area contributed by atoms with E-state index in [2.05, 4.69) is 16.8 Å². The standard InChI is InChI=1S/C12H22N2O/c1-3-12(15)14-8-6-11-10(9-14)5-4-7-13(11)2/h10-11H,3-9H2,1-2H3. The van der Waals surface area contributed by atoms with E-state index in [0.29, 0.717) is 12.3 Å². The third-order valence-electron chi connectivity index (χ3n) is 4.00. The topological polar surface area (TPSA) is 23.6 Å². The number of amides is 1. The summed E-state index contributed by atoms with van der Waals surface area (Å²) in [5, 5.41) is 0. The summed E-state index contributed by atoms with van der Waals surface area (Å²) < 4.78 is 0. The second-order valence-corrected chi connectivity index (χ2v) is 4.93. The summed E-state index contributed by atoms with van der Waals surface area (Å²) in [6.45, 7) is 5.17. The van der Waals surface area contributed by atoms with Crippen LogP contribution < -0.4 is 0 Å². The number of hydrogen-bond acceptors (Lipinski definition) is 2. The quantitative estimate of drug-likeness (QED) is 0.652. The van der Waals surface area contributed by atoms with Crippen molar-refractivity contribution in [2.24, 2.45) is 5.92 Å². The van der Waals surface area contributed by atoms with Crippen molar-refractivity contribution in [3.05, 3.63) is 0 Å². The van der Waals surface area contributed by atoms with Gasteiger partial charge >= 0.3 is 0 Å². The van der Waals surface area contributed by atoms with E-state index in [0.717, 1.165) is 25.0 Å². The van der Waals surface area contributed by atoms with Crippen LogP contribution in [0.1, 0.15) is 32.6 Å². The zero-order valence-electron chi connectivity index (χ0n) is 9.91. The average Bonchev–Trinajstić information content (AvgIpc) is 2.28. The molecular formula is C12H22N2O. The van der Waals surface area contributed by atoms with E-state index < -0.39 is 0 Å². The highest BCUT2D eigenvalue weighted by Crippen LogP contribution is 2.29. The molecule has 2 aliphatic heterocycles. The monoisotopic (exact) mass is 210 g/mol. The number of carbonyl (C=O) groups excluding carboxylic acids is 1. The van der Waals surface area contributed by atoms with Crippen molar-refractivity contribution in [3.63, 3.8) is 0 Å². The van der Waals surface area contributed by atoms with Gasteiger partial charge in [0, 0.05) is 25.6 Å². The van der Waals surface area contributed by atoms with E-state index in [-0.39, 0.29) is 0 Å². The highest BCUT2D eigenvalue weighted by molar-refractivity contribution is 5.75. The van der Waals surface area contributed by atoms with Crippen LogP contribution in [-0.4, -0.2) is 48.4 Å². The molecule has 0 bridgehead atoms. The Balaban J connectivity index is 1.96. The Morgan fingerprint density at radius 2 is 2.13 bits per heavy atom. The molecule has 2 unspecified atom stereocenters. The van der Waals surface area contributed by atoms with Crippen LogP contribution in [0.2, 0.25) is 0 Å². The van der Waals surface area contributed by atoms with Crippen LogP contribution in [-0.2, 0) is 4.79 Å². The molecule has 2 heterocycles. The molecule has 2 rings (SSSR count). The first-order chi connectivity index (χ1) is 7.22. The minimum absolute atomic E-state index is 0.335. The third kappa shape index (κ3) is 2.17. The van der Waals surface area contributed by atoms with Crippen LogP contribution in [0.15, 0.2) is 0 Å². The molecule has 0 aliphatic carbocycles. The van der Waals surface area contributed by atoms with E-state index in [1.807, 2.05) is 6.92 Å². The smallest absolute Gasteiger partial charge is 0.222 e. The lowest BCUT2D eigenvalue weighted by molar-refractivity contribution is -0.134. The molecule has 3 heteroatoms. The number of hydrogen-bond donors (Lipinski definition) is 0. The molecule has 2 saturated heterocycles. The number of fused-ring (bicyclic) bond motifs is 1. The Kier molecular flexibility index (Phi) is 3.29. The lowest BCUT2D eigenvalue weighted by Crippen LogP contribution is -2.53. The van der Waals surface area contributed by atoms with Gasteiger partial charge in [0.05, 0.1) is 0 Å². The minimum Gasteiger partial charge on any atom is -0.342 e. The zero-order chi connectivity index (χ0) is 10.8. The van der Waals surface area contributed by atoms with Gasteiger partial charge in [-0.25, -0.2) is 0 Å². The van der Waals surface area contributed by atoms with Crippen molar-refractivity contribution in [1.82, 2.24) is 9.80 Å². The highest BCUT2D eigenvalue weighted by Gasteiger charge is 2.35. The van der Waals surface area contributed by atoms with E-state index in [9.17, 15) is 4.79 Å². The van der Waals surface area contributed by atoms with Crippen LogP contribution >= 0.6 is 0 Å². The molecule has 3 nitrogen and oxygen atoms in total. The van der Waals surface area contributed by atoms with Gasteiger partial charge in [-0.3, -0.25) is 4.79 Å². The Hall–Kier alpha value is -0.570. The van der Waals surface area contributed by atoms with Crippen molar-refractivity contribution in [1.29, 1.82) is 0 Å². The molecule has 0 aromatic rings. The molecule has 86 valence electrons. The van der Waals surface area contributed by atoms with Crippen LogP contribution in [0, 0.1) is 5.92 Å². The highest BCUT2D eigenvalue weighted by atomic mass is 16.2. The Morgan fingerprint density at radius 3 is 2.87 bits per heavy atom. The zero-order valence-corrected chi connectivity index (χ0v) is 9.91. The van der Waals surface area contributed by atoms with E-state index in [1.54, 1.807) is 0 Å². The van der Waals surface area contributed by atoms with Gasteiger partial charge in [-0.1, -0.05) is 6.92 Å². The molecule has 15 heavy (non-hydrogen) atoms. The van der Waals surface area contributed by atoms with Crippen molar-refractivity contribution in [2.75, 3.05) is 26.7 Å². The van der Waals surface area contributed by atoms with Crippen molar-refractivity contribution >= 4 is 5.91 Å². The predicted octanol–water partition coefficient (Wildman–Crippen LogP) is 1.34. The summed E-state index contributed by atoms with van der Waals surface area (Å²) in [4.78, 5) is 16.2. The maximum absolute atomic E-state index is 11.6. The summed E-state index contributed by atoms with van der Waals surface area (Å²) in [7, 11) is 2.23. The maximum atomic E-state index is 11.6. The van der Waals surface area contributed by atoms with Crippen LogP contribution in [0.3, 0.4) is 0 Å². The predicted molar refractivity (Wildman–Crippen MR) is 60.6 cm³/mol. The Morgan fingerprint density at radius 1 is 1.33 bits per heavy atom. The number of carbonyl (C=O) groups is 1. The number of rotatable bonds is 1. The molecule has 0 aromatic heterocycles. The molecular weight excluding hydrogens is 188 g/mol. The van der Waals surface area contributed by atoms with Gasteiger partial charge in [0.1, 0.15) is 0 Å². The summed E-state index contributed by atoms with van der Waals surface area (Å²) in [6.07, 6.45) is 4.44. The van der Waals surface area contributed by atoms with Gasteiger partial charge in [0.2, 0.25) is 5.91 Å². The molecule has 0 radical (unpaired) electrons. The summed E-state index contributed by atoms with van der Waals surface area (Å²) in [6, 6.07) is 0.736. The van der Waals surface area contributed by atoms with Crippen molar-refractivity contribution < 1.29 is 4.79 Å². The summed E-state index contributed by atoms with van der Waals surface area (Å²) in [5.74, 6) is 1.06. The fourth-order valence-corrected chi connectivity index (χ4v) is 3.10. The van der Waals surface area contributed by atoms with Gasteiger partial charge in [0.25, 0.3) is 0 Å². The van der Waals surface area contributed by atoms with Crippen LogP contribution in [0.4, 0.5) is 0 Å². The fraction of sp³-hybridized carbons (Fsp3) is 0.917. The lowest BCUT2D eigenvalue weighted by Gasteiger charge is -2.45. The molecule has 2 fully saturated rings. The first kappa shape index (κ1) is 10.9. The van der Waals surface area contributed by atoms with Crippen LogP contribution in [0.5, 0.6) is 0 Å². The maximum Gasteiger partial charge on any atom is 0.222 e. The molecule has 2 atom stereocenters. The SMILES string of the molecule is CCC(=O)N1CCC2C(CCCN2C)C1. The third-order valence-corrected chi connectivity index (χ3v) is 4.00. The van der Waals surface area contributed by atoms with E-state index >= 15 is 0 Å². The van der Waals surface area contributed by atoms with Gasteiger partial charge in [-0.05, 0) is 38.8 Å². The number of nitrogens with zero attached hydrogens (tertiary/aromatic N) is 2. The number of piperidine rings is 2. The van der Waals surface area contributed by atoms with Gasteiger partial charge < -0.3 is 9.80 Å². The van der Waals surface area contributed by atoms with E-state index in [1.165, 1.54) is 25.8 Å². The normalized spacial score (nSPS) is 32.5. The van der Waals surface area contributed by atoms with Crippen LogP contribution in [0.25, 0.3) is 0 Å². The second kappa shape index (κ2) is 4.52. The fourth-order valence-electron chi connectivity index (χ4n) is 3.10. The Labute approximate surface area is 92.4 Å². The molecule has 1 amide bonds. The molecule has 0 spiro atoms. The first-order valence-electron chi connectivity index (χ1n) is 6.20. The van der Waals surface area contributed by atoms with Crippen molar-refractivity contribution in [2.45, 2.75) is 38.6 Å². The molecule has 0 N–H and O–H groups in total. The second-order valence-electron chi connectivity index (χ2n) is 4.93. The lowest BCUT2D eigenvalue weighted by atomic mass is 9.84.